The molecule has 1 saturated heterocycles. The number of likely N-dealkylation sites (tertiary alicyclic amines) is 1. The molecule has 7 heteroatoms. The Bertz CT molecular complexity index is 737. The Morgan fingerprint density at radius 2 is 2.00 bits per heavy atom. The summed E-state index contributed by atoms with van der Waals surface area (Å²) < 4.78 is 26.9. The minimum absolute atomic E-state index is 0.265. The topological polar surface area (TPSA) is 35.5 Å². The first-order chi connectivity index (χ1) is 11.9. The maximum Gasteiger partial charge on any atom is 0.227 e. The van der Waals surface area contributed by atoms with Crippen LogP contribution in [-0.4, -0.2) is 55.1 Å². The number of anilines is 2. The summed E-state index contributed by atoms with van der Waals surface area (Å²) in [6.45, 7) is 2.14. The van der Waals surface area contributed by atoms with Gasteiger partial charge in [0.25, 0.3) is 0 Å². The van der Waals surface area contributed by atoms with Gasteiger partial charge in [0.2, 0.25) is 5.95 Å². The van der Waals surface area contributed by atoms with Gasteiger partial charge < -0.3 is 9.80 Å². The van der Waals surface area contributed by atoms with Crippen molar-refractivity contribution in [3.63, 3.8) is 0 Å². The Balaban J connectivity index is 1.65. The number of benzene rings is 1. The lowest BCUT2D eigenvalue weighted by molar-refractivity contribution is 0.319. The van der Waals surface area contributed by atoms with Crippen LogP contribution >= 0.6 is 0 Å². The van der Waals surface area contributed by atoms with Crippen LogP contribution in [-0.2, 0) is 6.54 Å². The van der Waals surface area contributed by atoms with Gasteiger partial charge in [0.15, 0.2) is 0 Å². The minimum Gasteiger partial charge on any atom is -0.363 e. The lowest BCUT2D eigenvalue weighted by atomic mass is 10.2. The van der Waals surface area contributed by atoms with Crippen LogP contribution in [0.1, 0.15) is 12.0 Å². The van der Waals surface area contributed by atoms with Crippen LogP contribution in [0.2, 0.25) is 0 Å². The number of likely N-dealkylation sites (N-methyl/N-ethyl adjacent to an activating group) is 1. The molecular formula is C18H23F2N5. The van der Waals surface area contributed by atoms with E-state index in [-0.39, 0.29) is 6.04 Å². The fourth-order valence-electron chi connectivity index (χ4n) is 3.08. The van der Waals surface area contributed by atoms with Crippen LogP contribution in [0.15, 0.2) is 30.5 Å². The fourth-order valence-corrected chi connectivity index (χ4v) is 3.08. The van der Waals surface area contributed by atoms with E-state index in [4.69, 9.17) is 0 Å². The molecule has 1 unspecified atom stereocenters. The minimum atomic E-state index is -0.543. The number of nitrogens with zero attached hydrogens (tertiary/aromatic N) is 5. The van der Waals surface area contributed by atoms with Gasteiger partial charge in [0, 0.05) is 64.6 Å². The van der Waals surface area contributed by atoms with Crippen molar-refractivity contribution in [3.05, 3.63) is 47.7 Å². The molecule has 1 aromatic heterocycles. The van der Waals surface area contributed by atoms with Gasteiger partial charge in [0.1, 0.15) is 17.5 Å². The molecule has 134 valence electrons. The lowest BCUT2D eigenvalue weighted by Crippen LogP contribution is -2.35. The Kier molecular flexibility index (Phi) is 5.13. The van der Waals surface area contributed by atoms with Gasteiger partial charge >= 0.3 is 0 Å². The summed E-state index contributed by atoms with van der Waals surface area (Å²) in [5, 5.41) is 0. The third-order valence-corrected chi connectivity index (χ3v) is 4.61. The van der Waals surface area contributed by atoms with Crippen LogP contribution in [0.25, 0.3) is 0 Å². The van der Waals surface area contributed by atoms with Gasteiger partial charge in [-0.25, -0.2) is 13.8 Å². The van der Waals surface area contributed by atoms with E-state index >= 15 is 0 Å². The van der Waals surface area contributed by atoms with Gasteiger partial charge in [0.05, 0.1) is 0 Å². The van der Waals surface area contributed by atoms with Crippen molar-refractivity contribution in [3.8, 4) is 0 Å². The Morgan fingerprint density at radius 3 is 2.72 bits per heavy atom. The molecule has 1 fully saturated rings. The van der Waals surface area contributed by atoms with Crippen LogP contribution < -0.4 is 9.80 Å². The lowest BCUT2D eigenvalue weighted by Gasteiger charge is -2.25. The zero-order chi connectivity index (χ0) is 18.0. The molecule has 1 aliphatic heterocycles. The third-order valence-electron chi connectivity index (χ3n) is 4.61. The second-order valence-electron chi connectivity index (χ2n) is 6.63. The van der Waals surface area contributed by atoms with Crippen molar-refractivity contribution in [2.24, 2.45) is 0 Å². The van der Waals surface area contributed by atoms with E-state index in [9.17, 15) is 8.78 Å². The fraction of sp³-hybridized carbons (Fsp3) is 0.444. The van der Waals surface area contributed by atoms with Gasteiger partial charge in [-0.3, -0.25) is 4.90 Å². The van der Waals surface area contributed by atoms with Crippen LogP contribution in [0.3, 0.4) is 0 Å². The summed E-state index contributed by atoms with van der Waals surface area (Å²) in [5.41, 5.74) is 0.524. The summed E-state index contributed by atoms with van der Waals surface area (Å²) in [5.74, 6) is 0.517. The van der Waals surface area contributed by atoms with E-state index in [0.717, 1.165) is 31.4 Å². The van der Waals surface area contributed by atoms with E-state index in [2.05, 4.69) is 19.8 Å². The second-order valence-corrected chi connectivity index (χ2v) is 6.63. The second kappa shape index (κ2) is 7.31. The predicted octanol–water partition coefficient (Wildman–Crippen LogP) is 2.53. The molecule has 3 rings (SSSR count). The number of hydrogen-bond acceptors (Lipinski definition) is 5. The van der Waals surface area contributed by atoms with Crippen molar-refractivity contribution in [2.75, 3.05) is 44.0 Å². The molecule has 1 aliphatic rings. The maximum atomic E-state index is 13.8. The number of aromatic nitrogens is 2. The largest absolute Gasteiger partial charge is 0.363 e. The van der Waals surface area contributed by atoms with E-state index in [1.807, 2.05) is 32.1 Å². The molecular weight excluding hydrogens is 324 g/mol. The highest BCUT2D eigenvalue weighted by Gasteiger charge is 2.27. The molecule has 0 saturated carbocycles. The Hall–Kier alpha value is -2.28. The standard InChI is InChI=1S/C18H23F2N5/c1-23(2)17-6-8-21-18(22-17)24(3)15-7-9-25(12-15)11-13-4-5-14(19)10-16(13)20/h4-6,8,10,15H,7,9,11-12H2,1-3H3. The van der Waals surface area contributed by atoms with Crippen molar-refractivity contribution in [1.29, 1.82) is 0 Å². The first kappa shape index (κ1) is 17.5. The average Bonchev–Trinajstić information content (AvgIpc) is 3.05. The normalized spacial score (nSPS) is 17.7. The Labute approximate surface area is 146 Å². The first-order valence-corrected chi connectivity index (χ1v) is 8.33. The first-order valence-electron chi connectivity index (χ1n) is 8.33. The highest BCUT2D eigenvalue weighted by Crippen LogP contribution is 2.22. The molecule has 25 heavy (non-hydrogen) atoms. The van der Waals surface area contributed by atoms with Crippen LogP contribution in [0, 0.1) is 11.6 Å². The summed E-state index contributed by atoms with van der Waals surface area (Å²) in [4.78, 5) is 15.1. The predicted molar refractivity (Wildman–Crippen MR) is 94.8 cm³/mol. The van der Waals surface area contributed by atoms with Crippen molar-refractivity contribution in [1.82, 2.24) is 14.9 Å². The number of hydrogen-bond donors (Lipinski definition) is 0. The molecule has 0 bridgehead atoms. The molecule has 1 atom stereocenters. The van der Waals surface area contributed by atoms with E-state index in [0.29, 0.717) is 18.1 Å². The molecule has 0 radical (unpaired) electrons. The van der Waals surface area contributed by atoms with E-state index < -0.39 is 11.6 Å². The number of halogens is 2. The van der Waals surface area contributed by atoms with E-state index in [1.54, 1.807) is 6.20 Å². The van der Waals surface area contributed by atoms with Gasteiger partial charge in [-0.1, -0.05) is 6.07 Å². The van der Waals surface area contributed by atoms with E-state index in [1.165, 1.54) is 12.1 Å². The molecule has 0 aliphatic carbocycles. The molecule has 1 aromatic carbocycles. The average molecular weight is 347 g/mol. The molecule has 0 N–H and O–H groups in total. The van der Waals surface area contributed by atoms with Gasteiger partial charge in [-0.15, -0.1) is 0 Å². The zero-order valence-corrected chi connectivity index (χ0v) is 14.8. The highest BCUT2D eigenvalue weighted by atomic mass is 19.1. The molecule has 2 heterocycles. The van der Waals surface area contributed by atoms with Gasteiger partial charge in [-0.05, 0) is 18.6 Å². The summed E-state index contributed by atoms with van der Waals surface area (Å²) in [6, 6.07) is 5.90. The smallest absolute Gasteiger partial charge is 0.227 e. The van der Waals surface area contributed by atoms with Crippen LogP contribution in [0.5, 0.6) is 0 Å². The molecule has 0 amide bonds. The van der Waals surface area contributed by atoms with Gasteiger partial charge in [-0.2, -0.15) is 4.98 Å². The maximum absolute atomic E-state index is 13.8. The Morgan fingerprint density at radius 1 is 1.20 bits per heavy atom. The van der Waals surface area contributed by atoms with Crippen molar-refractivity contribution >= 4 is 11.8 Å². The highest BCUT2D eigenvalue weighted by molar-refractivity contribution is 5.42. The molecule has 5 nitrogen and oxygen atoms in total. The molecule has 0 spiro atoms. The van der Waals surface area contributed by atoms with Crippen molar-refractivity contribution < 1.29 is 8.78 Å². The zero-order valence-electron chi connectivity index (χ0n) is 14.8. The number of rotatable bonds is 5. The summed E-state index contributed by atoms with van der Waals surface area (Å²) in [7, 11) is 5.88. The third kappa shape index (κ3) is 4.04. The summed E-state index contributed by atoms with van der Waals surface area (Å²) >= 11 is 0. The molecule has 2 aromatic rings. The monoisotopic (exact) mass is 347 g/mol. The quantitative estimate of drug-likeness (QED) is 0.831. The van der Waals surface area contributed by atoms with Crippen molar-refractivity contribution in [2.45, 2.75) is 19.0 Å². The SMILES string of the molecule is CN(C)c1ccnc(N(C)C2CCN(Cc3ccc(F)cc3F)C2)n1. The summed E-state index contributed by atoms with van der Waals surface area (Å²) in [6.07, 6.45) is 2.71. The van der Waals surface area contributed by atoms with Crippen LogP contribution in [0.4, 0.5) is 20.5 Å².